The maximum atomic E-state index is 5.93. The van der Waals surface area contributed by atoms with Crippen LogP contribution in [0.3, 0.4) is 0 Å². The maximum Gasteiger partial charge on any atom is 0.208 e. The average molecular weight is 405 g/mol. The summed E-state index contributed by atoms with van der Waals surface area (Å²) in [4.78, 5) is 10.5. The van der Waals surface area contributed by atoms with Crippen LogP contribution in [0.1, 0.15) is 16.4 Å². The molecular weight excluding hydrogens is 392 g/mol. The second-order valence-corrected chi connectivity index (χ2v) is 8.53. The Kier molecular flexibility index (Phi) is 5.17. The van der Waals surface area contributed by atoms with Gasteiger partial charge in [0.15, 0.2) is 0 Å². The van der Waals surface area contributed by atoms with Crippen LogP contribution in [0, 0.1) is 0 Å². The summed E-state index contributed by atoms with van der Waals surface area (Å²) in [5.41, 5.74) is 2.12. The van der Waals surface area contributed by atoms with Crippen LogP contribution in [-0.2, 0) is 12.2 Å². The molecule has 3 heterocycles. The molecule has 1 N–H and O–H groups in total. The van der Waals surface area contributed by atoms with Gasteiger partial charge >= 0.3 is 0 Å². The van der Waals surface area contributed by atoms with Crippen LogP contribution in [0.15, 0.2) is 52.3 Å². The third kappa shape index (κ3) is 4.30. The number of aromatic amines is 1. The highest BCUT2D eigenvalue weighted by Gasteiger charge is 2.09. The Morgan fingerprint density at radius 3 is 2.76 bits per heavy atom. The van der Waals surface area contributed by atoms with Gasteiger partial charge < -0.3 is 0 Å². The summed E-state index contributed by atoms with van der Waals surface area (Å²) in [6.07, 6.45) is 0.794. The van der Waals surface area contributed by atoms with E-state index >= 15 is 0 Å². The van der Waals surface area contributed by atoms with Crippen LogP contribution in [0.4, 0.5) is 0 Å². The Balaban J connectivity index is 1.37. The highest BCUT2D eigenvalue weighted by molar-refractivity contribution is 7.98. The van der Waals surface area contributed by atoms with Gasteiger partial charge in [0, 0.05) is 33.0 Å². The van der Waals surface area contributed by atoms with Gasteiger partial charge in [0.1, 0.15) is 10.8 Å². The van der Waals surface area contributed by atoms with E-state index in [9.17, 15) is 0 Å². The van der Waals surface area contributed by atoms with Crippen LogP contribution in [-0.4, -0.2) is 20.2 Å². The Labute approximate surface area is 162 Å². The van der Waals surface area contributed by atoms with Gasteiger partial charge in [-0.05, 0) is 23.6 Å². The lowest BCUT2D eigenvalue weighted by Crippen LogP contribution is -1.87. The second kappa shape index (κ2) is 7.70. The molecule has 0 aliphatic carbocycles. The van der Waals surface area contributed by atoms with Crippen molar-refractivity contribution in [3.63, 3.8) is 0 Å². The summed E-state index contributed by atoms with van der Waals surface area (Å²) in [7, 11) is 0. The molecule has 0 saturated carbocycles. The molecule has 0 aliphatic heterocycles. The van der Waals surface area contributed by atoms with Crippen molar-refractivity contribution in [2.45, 2.75) is 17.3 Å². The van der Waals surface area contributed by atoms with E-state index in [-0.39, 0.29) is 0 Å². The Hall–Kier alpha value is -1.67. The number of thiophene rings is 1. The molecule has 0 radical (unpaired) electrons. The molecular formula is C17H13ClN4S3. The number of nitrogens with one attached hydrogen (secondary N) is 1. The summed E-state index contributed by atoms with van der Waals surface area (Å²) in [5, 5.41) is 13.9. The summed E-state index contributed by atoms with van der Waals surface area (Å²) in [6.45, 7) is 0. The van der Waals surface area contributed by atoms with Crippen LogP contribution in [0.5, 0.6) is 0 Å². The largest absolute Gasteiger partial charge is 0.262 e. The standard InChI is InChI=1S/C17H13ClN4S3/c18-12-5-3-11(4-6-12)16-19-13(9-24-16)10-25-17-20-15(21-22-17)8-14-2-1-7-23-14/h1-7,9H,8,10H2,(H,20,21,22). The predicted molar refractivity (Wildman–Crippen MR) is 106 cm³/mol. The molecule has 4 nitrogen and oxygen atoms in total. The number of H-pyrrole nitrogens is 1. The molecule has 4 rings (SSSR count). The number of halogens is 1. The minimum absolute atomic E-state index is 0.735. The van der Waals surface area contributed by atoms with Gasteiger partial charge in [-0.2, -0.15) is 0 Å². The van der Waals surface area contributed by atoms with Crippen LogP contribution < -0.4 is 0 Å². The number of benzene rings is 1. The summed E-state index contributed by atoms with van der Waals surface area (Å²) >= 11 is 10.9. The van der Waals surface area contributed by atoms with Crippen molar-refractivity contribution in [2.24, 2.45) is 0 Å². The maximum absolute atomic E-state index is 5.93. The zero-order chi connectivity index (χ0) is 17.1. The summed E-state index contributed by atoms with van der Waals surface area (Å²) in [5.74, 6) is 1.64. The van der Waals surface area contributed by atoms with Crippen molar-refractivity contribution < 1.29 is 0 Å². The van der Waals surface area contributed by atoms with E-state index in [0.29, 0.717) is 0 Å². The monoisotopic (exact) mass is 404 g/mol. The molecule has 25 heavy (non-hydrogen) atoms. The molecule has 0 fully saturated rings. The van der Waals surface area contributed by atoms with Gasteiger partial charge in [-0.1, -0.05) is 41.6 Å². The normalized spacial score (nSPS) is 11.1. The lowest BCUT2D eigenvalue weighted by molar-refractivity contribution is 0.959. The molecule has 126 valence electrons. The van der Waals surface area contributed by atoms with E-state index in [0.717, 1.165) is 44.4 Å². The van der Waals surface area contributed by atoms with E-state index < -0.39 is 0 Å². The molecule has 1 aromatic carbocycles. The molecule has 3 aromatic heterocycles. The predicted octanol–water partition coefficient (Wildman–Crippen LogP) is 5.53. The molecule has 0 aliphatic rings. The Morgan fingerprint density at radius 1 is 1.08 bits per heavy atom. The van der Waals surface area contributed by atoms with Gasteiger partial charge in [-0.15, -0.1) is 27.8 Å². The van der Waals surface area contributed by atoms with E-state index in [2.05, 4.69) is 37.0 Å². The highest BCUT2D eigenvalue weighted by Crippen LogP contribution is 2.27. The lowest BCUT2D eigenvalue weighted by Gasteiger charge is -1.96. The third-order valence-corrected chi connectivity index (χ3v) is 6.37. The SMILES string of the molecule is Clc1ccc(-c2nc(CSc3n[nH]c(Cc4cccs4)n3)cs2)cc1. The van der Waals surface area contributed by atoms with Gasteiger partial charge in [0.2, 0.25) is 5.16 Å². The zero-order valence-electron chi connectivity index (χ0n) is 13.0. The minimum Gasteiger partial charge on any atom is -0.262 e. The number of thiazole rings is 1. The molecule has 4 aromatic rings. The van der Waals surface area contributed by atoms with Crippen LogP contribution >= 0.6 is 46.0 Å². The van der Waals surface area contributed by atoms with Crippen LogP contribution in [0.2, 0.25) is 5.02 Å². The van der Waals surface area contributed by atoms with Gasteiger partial charge in [-0.3, -0.25) is 5.10 Å². The first-order valence-corrected chi connectivity index (χ1v) is 10.7. The fraction of sp³-hybridized carbons (Fsp3) is 0.118. The molecule has 8 heteroatoms. The smallest absolute Gasteiger partial charge is 0.208 e. The second-order valence-electron chi connectivity index (χ2n) is 5.26. The van der Waals surface area contributed by atoms with Crippen molar-refractivity contribution in [1.82, 2.24) is 20.2 Å². The van der Waals surface area contributed by atoms with E-state index in [4.69, 9.17) is 11.6 Å². The van der Waals surface area contributed by atoms with Crippen molar-refractivity contribution >= 4 is 46.0 Å². The van der Waals surface area contributed by atoms with E-state index in [1.54, 1.807) is 34.4 Å². The molecule has 0 saturated heterocycles. The average Bonchev–Trinajstić information content (AvgIpc) is 3.36. The van der Waals surface area contributed by atoms with Crippen molar-refractivity contribution in [1.29, 1.82) is 0 Å². The fourth-order valence-corrected chi connectivity index (χ4v) is 4.71. The Morgan fingerprint density at radius 2 is 1.96 bits per heavy atom. The zero-order valence-corrected chi connectivity index (χ0v) is 16.2. The van der Waals surface area contributed by atoms with Crippen molar-refractivity contribution in [3.05, 3.63) is 68.6 Å². The minimum atomic E-state index is 0.735. The lowest BCUT2D eigenvalue weighted by atomic mass is 10.2. The topological polar surface area (TPSA) is 54.5 Å². The van der Waals surface area contributed by atoms with Crippen LogP contribution in [0.25, 0.3) is 10.6 Å². The number of rotatable bonds is 6. The first-order chi connectivity index (χ1) is 12.3. The first-order valence-electron chi connectivity index (χ1n) is 7.53. The molecule has 0 spiro atoms. The molecule has 0 atom stereocenters. The fourth-order valence-electron chi connectivity index (χ4n) is 2.24. The van der Waals surface area contributed by atoms with Gasteiger partial charge in [0.05, 0.1) is 5.69 Å². The highest BCUT2D eigenvalue weighted by atomic mass is 35.5. The van der Waals surface area contributed by atoms with Gasteiger partial charge in [-0.25, -0.2) is 9.97 Å². The van der Waals surface area contributed by atoms with Gasteiger partial charge in [0.25, 0.3) is 0 Å². The van der Waals surface area contributed by atoms with E-state index in [1.165, 1.54) is 4.88 Å². The Bertz CT molecular complexity index is 945. The molecule has 0 unspecified atom stereocenters. The summed E-state index contributed by atoms with van der Waals surface area (Å²) in [6, 6.07) is 11.9. The third-order valence-electron chi connectivity index (χ3n) is 3.43. The number of hydrogen-bond acceptors (Lipinski definition) is 6. The molecule has 0 bridgehead atoms. The summed E-state index contributed by atoms with van der Waals surface area (Å²) < 4.78 is 0. The molecule has 0 amide bonds. The van der Waals surface area contributed by atoms with Crippen molar-refractivity contribution in [2.75, 3.05) is 0 Å². The van der Waals surface area contributed by atoms with E-state index in [1.807, 2.05) is 30.3 Å². The number of thioether (sulfide) groups is 1. The quantitative estimate of drug-likeness (QED) is 0.429. The number of hydrogen-bond donors (Lipinski definition) is 1. The number of aromatic nitrogens is 4. The first kappa shape index (κ1) is 16.8. The van der Waals surface area contributed by atoms with Crippen molar-refractivity contribution in [3.8, 4) is 10.6 Å². The number of nitrogens with zero attached hydrogens (tertiary/aromatic N) is 3.